The molecule has 0 aliphatic carbocycles. The van der Waals surface area contributed by atoms with Crippen LogP contribution in [0.4, 0.5) is 0 Å². The molecule has 128 valence electrons. The summed E-state index contributed by atoms with van der Waals surface area (Å²) in [5.41, 5.74) is 0. The molecule has 1 rings (SSSR count). The van der Waals surface area contributed by atoms with Gasteiger partial charge in [0.15, 0.2) is 5.96 Å². The number of nitrogens with zero attached hydrogens (tertiary/aromatic N) is 4. The lowest BCUT2D eigenvalue weighted by Gasteiger charge is -2.13. The number of aromatic nitrogens is 3. The molecule has 0 fully saturated rings. The number of thioether (sulfide) groups is 1. The van der Waals surface area contributed by atoms with Crippen LogP contribution in [0.15, 0.2) is 11.3 Å². The summed E-state index contributed by atoms with van der Waals surface area (Å²) in [5.74, 6) is 2.88. The van der Waals surface area contributed by atoms with Crippen molar-refractivity contribution >= 4 is 41.7 Å². The van der Waals surface area contributed by atoms with Gasteiger partial charge in [0, 0.05) is 38.9 Å². The number of ether oxygens (including phenoxy) is 1. The van der Waals surface area contributed by atoms with Crippen molar-refractivity contribution in [2.24, 2.45) is 4.99 Å². The van der Waals surface area contributed by atoms with Crippen LogP contribution in [0.5, 0.6) is 0 Å². The van der Waals surface area contributed by atoms with Crippen molar-refractivity contribution < 1.29 is 4.74 Å². The third kappa shape index (κ3) is 8.79. The van der Waals surface area contributed by atoms with Gasteiger partial charge in [0.05, 0.1) is 13.2 Å². The molecule has 0 saturated heterocycles. The first-order valence-corrected chi connectivity index (χ1v) is 8.58. The lowest BCUT2D eigenvalue weighted by atomic mass is 10.4. The highest BCUT2D eigenvalue weighted by Gasteiger charge is 2.02. The van der Waals surface area contributed by atoms with Crippen LogP contribution in [-0.2, 0) is 17.7 Å². The molecule has 0 bridgehead atoms. The monoisotopic (exact) mass is 442 g/mol. The van der Waals surface area contributed by atoms with Crippen molar-refractivity contribution in [1.82, 2.24) is 25.4 Å². The Bertz CT molecular complexity index is 415. The van der Waals surface area contributed by atoms with E-state index in [2.05, 4.69) is 43.6 Å². The largest absolute Gasteiger partial charge is 0.383 e. The van der Waals surface area contributed by atoms with E-state index in [9.17, 15) is 0 Å². The minimum absolute atomic E-state index is 0. The zero-order chi connectivity index (χ0) is 15.3. The maximum Gasteiger partial charge on any atom is 0.191 e. The van der Waals surface area contributed by atoms with E-state index in [-0.39, 0.29) is 24.0 Å². The van der Waals surface area contributed by atoms with Crippen molar-refractivity contribution in [2.45, 2.75) is 19.9 Å². The molecule has 2 N–H and O–H groups in total. The van der Waals surface area contributed by atoms with Gasteiger partial charge in [-0.2, -0.15) is 11.8 Å². The van der Waals surface area contributed by atoms with E-state index in [1.165, 1.54) is 0 Å². The highest BCUT2D eigenvalue weighted by atomic mass is 127. The Hall–Kier alpha value is -0.550. The standard InChI is InChI=1S/C13H26N6OS.HI/c1-4-12-18-17-11-19(12)8-5-14-13(15-6-9-20-2)16-7-10-21-3;/h11H,4-10H2,1-3H3,(H2,14,15,16);1H. The summed E-state index contributed by atoms with van der Waals surface area (Å²) in [5, 5.41) is 14.6. The minimum Gasteiger partial charge on any atom is -0.383 e. The fraction of sp³-hybridized carbons (Fsp3) is 0.769. The van der Waals surface area contributed by atoms with Crippen LogP contribution in [0.2, 0.25) is 0 Å². The predicted molar refractivity (Wildman–Crippen MR) is 103 cm³/mol. The van der Waals surface area contributed by atoms with Crippen LogP contribution in [0.3, 0.4) is 0 Å². The first-order valence-electron chi connectivity index (χ1n) is 7.18. The summed E-state index contributed by atoms with van der Waals surface area (Å²) < 4.78 is 7.08. The first kappa shape index (κ1) is 21.4. The molecule has 0 spiro atoms. The summed E-state index contributed by atoms with van der Waals surface area (Å²) >= 11 is 1.81. The summed E-state index contributed by atoms with van der Waals surface area (Å²) in [4.78, 5) is 4.47. The van der Waals surface area contributed by atoms with E-state index in [0.717, 1.165) is 43.6 Å². The maximum atomic E-state index is 5.02. The van der Waals surface area contributed by atoms with E-state index in [1.54, 1.807) is 13.4 Å². The zero-order valence-corrected chi connectivity index (χ0v) is 16.7. The van der Waals surface area contributed by atoms with Crippen LogP contribution in [0.25, 0.3) is 0 Å². The fourth-order valence-electron chi connectivity index (χ4n) is 1.73. The predicted octanol–water partition coefficient (Wildman–Crippen LogP) is 1.00. The molecule has 0 unspecified atom stereocenters. The third-order valence-corrected chi connectivity index (χ3v) is 3.43. The van der Waals surface area contributed by atoms with Crippen molar-refractivity contribution in [1.29, 1.82) is 0 Å². The van der Waals surface area contributed by atoms with E-state index >= 15 is 0 Å². The third-order valence-electron chi connectivity index (χ3n) is 2.82. The SMILES string of the molecule is CCc1nncn1CCNC(=NCCOC)NCCSC.I. The van der Waals surface area contributed by atoms with Gasteiger partial charge in [-0.25, -0.2) is 0 Å². The number of halogens is 1. The highest BCUT2D eigenvalue weighted by Crippen LogP contribution is 1.94. The fourth-order valence-corrected chi connectivity index (χ4v) is 2.03. The Morgan fingerprint density at radius 3 is 2.86 bits per heavy atom. The lowest BCUT2D eigenvalue weighted by Crippen LogP contribution is -2.40. The molecule has 9 heteroatoms. The van der Waals surface area contributed by atoms with Crippen LogP contribution >= 0.6 is 35.7 Å². The molecule has 22 heavy (non-hydrogen) atoms. The Kier molecular flexibility index (Phi) is 13.7. The highest BCUT2D eigenvalue weighted by molar-refractivity contribution is 14.0. The van der Waals surface area contributed by atoms with Gasteiger partial charge in [-0.05, 0) is 6.26 Å². The molecule has 0 aromatic carbocycles. The average molecular weight is 442 g/mol. The second-order valence-electron chi connectivity index (χ2n) is 4.36. The molecule has 7 nitrogen and oxygen atoms in total. The molecule has 0 aliphatic heterocycles. The summed E-state index contributed by atoms with van der Waals surface area (Å²) in [6, 6.07) is 0. The second kappa shape index (κ2) is 14.1. The van der Waals surface area contributed by atoms with Gasteiger partial charge in [-0.1, -0.05) is 6.92 Å². The van der Waals surface area contributed by atoms with Gasteiger partial charge in [-0.15, -0.1) is 34.2 Å². The van der Waals surface area contributed by atoms with E-state index in [1.807, 2.05) is 11.8 Å². The summed E-state index contributed by atoms with van der Waals surface area (Å²) in [6.45, 7) is 5.86. The quantitative estimate of drug-likeness (QED) is 0.244. The maximum absolute atomic E-state index is 5.02. The Balaban J connectivity index is 0.00000441. The molecule has 0 radical (unpaired) electrons. The number of aliphatic imine (C=N–C) groups is 1. The molecule has 0 amide bonds. The number of hydrogen-bond donors (Lipinski definition) is 2. The van der Waals surface area contributed by atoms with Gasteiger partial charge in [0.1, 0.15) is 12.2 Å². The lowest BCUT2D eigenvalue weighted by molar-refractivity contribution is 0.208. The number of nitrogens with one attached hydrogen (secondary N) is 2. The van der Waals surface area contributed by atoms with Crippen LogP contribution in [0, 0.1) is 0 Å². The molecular weight excluding hydrogens is 415 g/mol. The molecule has 0 saturated carbocycles. The molecule has 1 heterocycles. The molecule has 1 aromatic rings. The number of aryl methyl sites for hydroxylation is 1. The summed E-state index contributed by atoms with van der Waals surface area (Å²) in [6.07, 6.45) is 4.75. The van der Waals surface area contributed by atoms with E-state index < -0.39 is 0 Å². The number of guanidine groups is 1. The van der Waals surface area contributed by atoms with Gasteiger partial charge in [0.25, 0.3) is 0 Å². The molecule has 0 atom stereocenters. The van der Waals surface area contributed by atoms with Gasteiger partial charge < -0.3 is 19.9 Å². The van der Waals surface area contributed by atoms with Gasteiger partial charge >= 0.3 is 0 Å². The first-order chi connectivity index (χ1) is 10.3. The topological polar surface area (TPSA) is 76.4 Å². The van der Waals surface area contributed by atoms with Crippen molar-refractivity contribution in [3.63, 3.8) is 0 Å². The van der Waals surface area contributed by atoms with Gasteiger partial charge in [-0.3, -0.25) is 4.99 Å². The van der Waals surface area contributed by atoms with E-state index in [0.29, 0.717) is 13.2 Å². The number of methoxy groups -OCH3 is 1. The zero-order valence-electron chi connectivity index (χ0n) is 13.5. The van der Waals surface area contributed by atoms with Crippen LogP contribution in [-0.4, -0.2) is 66.1 Å². The Morgan fingerprint density at radius 1 is 1.41 bits per heavy atom. The van der Waals surface area contributed by atoms with Crippen molar-refractivity contribution in [2.75, 3.05) is 45.4 Å². The molecular formula is C13H27IN6OS. The van der Waals surface area contributed by atoms with E-state index in [4.69, 9.17) is 4.74 Å². The Morgan fingerprint density at radius 2 is 2.18 bits per heavy atom. The Labute approximate surface area is 154 Å². The number of rotatable bonds is 10. The molecule has 0 aliphatic rings. The van der Waals surface area contributed by atoms with Crippen molar-refractivity contribution in [3.05, 3.63) is 12.2 Å². The summed E-state index contributed by atoms with van der Waals surface area (Å²) in [7, 11) is 1.68. The van der Waals surface area contributed by atoms with Crippen molar-refractivity contribution in [3.8, 4) is 0 Å². The van der Waals surface area contributed by atoms with Gasteiger partial charge in [0.2, 0.25) is 0 Å². The smallest absolute Gasteiger partial charge is 0.191 e. The second-order valence-corrected chi connectivity index (χ2v) is 5.35. The normalized spacial score (nSPS) is 11.1. The number of hydrogen-bond acceptors (Lipinski definition) is 5. The average Bonchev–Trinajstić information content (AvgIpc) is 2.94. The van der Waals surface area contributed by atoms with Crippen LogP contribution in [0.1, 0.15) is 12.7 Å². The van der Waals surface area contributed by atoms with Crippen LogP contribution < -0.4 is 10.6 Å². The minimum atomic E-state index is 0. The molecule has 1 aromatic heterocycles.